The number of aryl methyl sites for hydroxylation is 2. The molecule has 3 aromatic heterocycles. The van der Waals surface area contributed by atoms with Crippen molar-refractivity contribution >= 4 is 51.0 Å². The number of hydrogen-bond donors (Lipinski definition) is 2. The van der Waals surface area contributed by atoms with Crippen LogP contribution in [0.4, 0.5) is 5.00 Å². The monoisotopic (exact) mass is 551 g/mol. The van der Waals surface area contributed by atoms with Crippen LogP contribution < -0.4 is 10.9 Å². The van der Waals surface area contributed by atoms with Gasteiger partial charge < -0.3 is 15.0 Å². The average Bonchev–Trinajstić information content (AvgIpc) is 3.38. The Kier molecular flexibility index (Phi) is 7.66. The maximum atomic E-state index is 13.2. The third-order valence-corrected chi connectivity index (χ3v) is 8.65. The fourth-order valence-corrected chi connectivity index (χ4v) is 6.66. The first-order valence-electron chi connectivity index (χ1n) is 12.7. The number of nitrogens with one attached hydrogen (secondary N) is 2. The van der Waals surface area contributed by atoms with Gasteiger partial charge in [-0.2, -0.15) is 5.10 Å². The molecule has 3 heterocycles. The zero-order chi connectivity index (χ0) is 26.8. The fourth-order valence-electron chi connectivity index (χ4n) is 4.59. The molecule has 0 radical (unpaired) electrons. The Morgan fingerprint density at radius 3 is 2.87 bits per heavy atom. The number of H-pyrrole nitrogens is 1. The summed E-state index contributed by atoms with van der Waals surface area (Å²) < 4.78 is 6.95. The van der Waals surface area contributed by atoms with Gasteiger partial charge in [-0.15, -0.1) is 11.3 Å². The molecule has 38 heavy (non-hydrogen) atoms. The van der Waals surface area contributed by atoms with Crippen LogP contribution in [-0.2, 0) is 22.4 Å². The molecular formula is C27H29N5O4S2. The third kappa shape index (κ3) is 5.25. The Labute approximate surface area is 228 Å². The van der Waals surface area contributed by atoms with E-state index in [4.69, 9.17) is 4.74 Å². The third-order valence-electron chi connectivity index (χ3n) is 6.46. The first-order chi connectivity index (χ1) is 18.4. The van der Waals surface area contributed by atoms with Gasteiger partial charge in [0.05, 0.1) is 29.3 Å². The lowest BCUT2D eigenvalue weighted by molar-refractivity contribution is -0.115. The van der Waals surface area contributed by atoms with Crippen LogP contribution in [0.3, 0.4) is 0 Å². The summed E-state index contributed by atoms with van der Waals surface area (Å²) in [6.07, 6.45) is 6.39. The predicted octanol–water partition coefficient (Wildman–Crippen LogP) is 5.04. The van der Waals surface area contributed by atoms with Gasteiger partial charge >= 0.3 is 5.97 Å². The number of amides is 1. The van der Waals surface area contributed by atoms with Gasteiger partial charge in [-0.05, 0) is 69.7 Å². The number of carbonyl (C=O) groups excluding carboxylic acids is 2. The standard InChI is InChI=1S/C27H29N5O4S2/c1-4-36-26(35)21-18-11-6-5-7-12-20(18)38-25(21)30-23(33)16(3)37-27-29-22-19(24(34)31-27)14-28-32(22)17-10-8-9-15(2)13-17/h8-10,13-14,16H,4-7,11-12H2,1-3H3,(H,30,33)(H,29,31,34). The number of thiophene rings is 1. The molecule has 1 unspecified atom stereocenters. The van der Waals surface area contributed by atoms with Crippen LogP contribution >= 0.6 is 23.1 Å². The summed E-state index contributed by atoms with van der Waals surface area (Å²) in [4.78, 5) is 47.4. The lowest BCUT2D eigenvalue weighted by Crippen LogP contribution is -2.24. The summed E-state index contributed by atoms with van der Waals surface area (Å²) in [5, 5.41) is 7.94. The molecule has 0 spiro atoms. The molecule has 1 aliphatic carbocycles. The second-order valence-corrected chi connectivity index (χ2v) is 11.7. The molecule has 2 N–H and O–H groups in total. The number of ether oxygens (including phenoxy) is 1. The first-order valence-corrected chi connectivity index (χ1v) is 14.4. The predicted molar refractivity (Wildman–Crippen MR) is 150 cm³/mol. The average molecular weight is 552 g/mol. The molecule has 0 saturated heterocycles. The van der Waals surface area contributed by atoms with E-state index in [0.717, 1.165) is 65.6 Å². The summed E-state index contributed by atoms with van der Waals surface area (Å²) in [7, 11) is 0. The molecule has 1 amide bonds. The van der Waals surface area contributed by atoms with Crippen LogP contribution in [0, 0.1) is 6.92 Å². The van der Waals surface area contributed by atoms with Gasteiger partial charge in [0.1, 0.15) is 10.4 Å². The van der Waals surface area contributed by atoms with Gasteiger partial charge in [-0.1, -0.05) is 30.3 Å². The van der Waals surface area contributed by atoms with E-state index < -0.39 is 11.2 Å². The normalized spacial score (nSPS) is 14.1. The molecule has 9 nitrogen and oxygen atoms in total. The van der Waals surface area contributed by atoms with Crippen molar-refractivity contribution in [3.05, 3.63) is 62.4 Å². The molecule has 4 aromatic rings. The minimum atomic E-state index is -0.595. The second kappa shape index (κ2) is 11.1. The number of fused-ring (bicyclic) bond motifs is 2. The molecule has 198 valence electrons. The number of carbonyl (C=O) groups is 2. The molecule has 0 fully saturated rings. The zero-order valence-corrected chi connectivity index (χ0v) is 23.1. The van der Waals surface area contributed by atoms with Gasteiger partial charge in [0.2, 0.25) is 5.91 Å². The molecule has 1 aromatic carbocycles. The smallest absolute Gasteiger partial charge is 0.341 e. The summed E-state index contributed by atoms with van der Waals surface area (Å²) in [6.45, 7) is 5.76. The van der Waals surface area contributed by atoms with E-state index >= 15 is 0 Å². The van der Waals surface area contributed by atoms with Crippen molar-refractivity contribution in [1.82, 2.24) is 19.7 Å². The number of aromatic amines is 1. The van der Waals surface area contributed by atoms with Crippen LogP contribution in [0.25, 0.3) is 16.7 Å². The van der Waals surface area contributed by atoms with E-state index in [1.165, 1.54) is 17.5 Å². The van der Waals surface area contributed by atoms with E-state index in [9.17, 15) is 14.4 Å². The van der Waals surface area contributed by atoms with Crippen LogP contribution in [0.2, 0.25) is 0 Å². The largest absolute Gasteiger partial charge is 0.462 e. The SMILES string of the molecule is CCOC(=O)c1c(NC(=O)C(C)Sc2nc3c(cnn3-c3cccc(C)c3)c(=O)[nH]2)sc2c1CCCCC2. The number of nitrogens with zero attached hydrogens (tertiary/aromatic N) is 3. The van der Waals surface area contributed by atoms with Crippen molar-refractivity contribution in [2.24, 2.45) is 0 Å². The van der Waals surface area contributed by atoms with Gasteiger partial charge in [0.15, 0.2) is 10.8 Å². The quantitative estimate of drug-likeness (QED) is 0.143. The molecule has 5 rings (SSSR count). The number of anilines is 1. The molecule has 11 heteroatoms. The number of thioether (sulfide) groups is 1. The number of aromatic nitrogens is 4. The molecule has 0 bridgehead atoms. The van der Waals surface area contributed by atoms with Gasteiger partial charge in [0, 0.05) is 4.88 Å². The van der Waals surface area contributed by atoms with Crippen LogP contribution in [0.15, 0.2) is 40.4 Å². The van der Waals surface area contributed by atoms with Crippen molar-refractivity contribution < 1.29 is 14.3 Å². The van der Waals surface area contributed by atoms with Crippen LogP contribution in [-0.4, -0.2) is 43.5 Å². The zero-order valence-electron chi connectivity index (χ0n) is 21.5. The summed E-state index contributed by atoms with van der Waals surface area (Å²) in [6, 6.07) is 7.76. The fraction of sp³-hybridized carbons (Fsp3) is 0.370. The Bertz CT molecular complexity index is 1570. The minimum Gasteiger partial charge on any atom is -0.462 e. The van der Waals surface area contributed by atoms with Gasteiger partial charge in [0.25, 0.3) is 5.56 Å². The summed E-state index contributed by atoms with van der Waals surface area (Å²) >= 11 is 2.60. The van der Waals surface area contributed by atoms with Gasteiger partial charge in [-0.3, -0.25) is 9.59 Å². The minimum absolute atomic E-state index is 0.268. The number of rotatable bonds is 7. The Morgan fingerprint density at radius 2 is 2.08 bits per heavy atom. The first kappa shape index (κ1) is 26.2. The van der Waals surface area contributed by atoms with E-state index in [1.807, 2.05) is 31.2 Å². The maximum Gasteiger partial charge on any atom is 0.341 e. The van der Waals surface area contributed by atoms with Crippen LogP contribution in [0.5, 0.6) is 0 Å². The molecule has 0 saturated carbocycles. The van der Waals surface area contributed by atoms with E-state index in [-0.39, 0.29) is 18.1 Å². The Morgan fingerprint density at radius 1 is 1.26 bits per heavy atom. The Hall–Kier alpha value is -3.44. The number of hydrogen-bond acceptors (Lipinski definition) is 8. The highest BCUT2D eigenvalue weighted by Crippen LogP contribution is 2.38. The molecule has 1 atom stereocenters. The van der Waals surface area contributed by atoms with Crippen LogP contribution in [0.1, 0.15) is 59.5 Å². The van der Waals surface area contributed by atoms with Crippen molar-refractivity contribution in [1.29, 1.82) is 0 Å². The van der Waals surface area contributed by atoms with Crippen molar-refractivity contribution in [3.8, 4) is 5.69 Å². The van der Waals surface area contributed by atoms with E-state index in [1.54, 1.807) is 18.5 Å². The van der Waals surface area contributed by atoms with Crippen molar-refractivity contribution in [2.45, 2.75) is 63.3 Å². The lowest BCUT2D eigenvalue weighted by atomic mass is 10.1. The molecular weight excluding hydrogens is 522 g/mol. The molecule has 0 aliphatic heterocycles. The summed E-state index contributed by atoms with van der Waals surface area (Å²) in [5.74, 6) is -0.685. The number of esters is 1. The topological polar surface area (TPSA) is 119 Å². The van der Waals surface area contributed by atoms with E-state index in [0.29, 0.717) is 26.8 Å². The van der Waals surface area contributed by atoms with Crippen molar-refractivity contribution in [3.63, 3.8) is 0 Å². The van der Waals surface area contributed by atoms with Crippen molar-refractivity contribution in [2.75, 3.05) is 11.9 Å². The highest BCUT2D eigenvalue weighted by molar-refractivity contribution is 8.00. The summed E-state index contributed by atoms with van der Waals surface area (Å²) in [5.41, 5.74) is 3.43. The second-order valence-electron chi connectivity index (χ2n) is 9.24. The highest BCUT2D eigenvalue weighted by atomic mass is 32.2. The highest BCUT2D eigenvalue weighted by Gasteiger charge is 2.28. The number of benzene rings is 1. The lowest BCUT2D eigenvalue weighted by Gasteiger charge is -2.12. The van der Waals surface area contributed by atoms with E-state index in [2.05, 4.69) is 20.4 Å². The van der Waals surface area contributed by atoms with Gasteiger partial charge in [-0.25, -0.2) is 14.5 Å². The maximum absolute atomic E-state index is 13.2. The Balaban J connectivity index is 1.40. The molecule has 1 aliphatic rings.